The summed E-state index contributed by atoms with van der Waals surface area (Å²) in [4.78, 5) is 0. The van der Waals surface area contributed by atoms with Crippen LogP contribution in [-0.2, 0) is 13.0 Å². The molecular formula is C20H16O. The first-order valence-corrected chi connectivity index (χ1v) is 7.27. The van der Waals surface area contributed by atoms with E-state index in [0.717, 1.165) is 12.0 Å². The molecule has 0 heterocycles. The van der Waals surface area contributed by atoms with Crippen LogP contribution >= 0.6 is 0 Å². The van der Waals surface area contributed by atoms with Gasteiger partial charge in [-0.25, -0.2) is 0 Å². The second kappa shape index (κ2) is 4.87. The van der Waals surface area contributed by atoms with Crippen LogP contribution in [0.15, 0.2) is 66.7 Å². The number of benzene rings is 3. The number of hydrogen-bond donors (Lipinski definition) is 1. The first kappa shape index (κ1) is 12.4. The van der Waals surface area contributed by atoms with E-state index < -0.39 is 0 Å². The molecule has 0 bridgehead atoms. The molecule has 1 nitrogen and oxygen atoms in total. The lowest BCUT2D eigenvalue weighted by molar-refractivity contribution is 0.282. The zero-order valence-electron chi connectivity index (χ0n) is 11.7. The van der Waals surface area contributed by atoms with Gasteiger partial charge in [0, 0.05) is 0 Å². The van der Waals surface area contributed by atoms with Gasteiger partial charge >= 0.3 is 0 Å². The number of aliphatic hydroxyl groups is 1. The molecule has 3 aromatic rings. The van der Waals surface area contributed by atoms with Crippen molar-refractivity contribution in [2.45, 2.75) is 13.0 Å². The quantitative estimate of drug-likeness (QED) is 0.573. The first-order valence-electron chi connectivity index (χ1n) is 7.27. The largest absolute Gasteiger partial charge is 0.392 e. The van der Waals surface area contributed by atoms with E-state index in [0.29, 0.717) is 0 Å². The van der Waals surface area contributed by atoms with Gasteiger partial charge in [0.1, 0.15) is 0 Å². The van der Waals surface area contributed by atoms with Gasteiger partial charge in [-0.2, -0.15) is 0 Å². The summed E-state index contributed by atoms with van der Waals surface area (Å²) in [7, 11) is 0. The summed E-state index contributed by atoms with van der Waals surface area (Å²) in [6.07, 6.45) is 1.00. The van der Waals surface area contributed by atoms with Crippen molar-refractivity contribution < 1.29 is 5.11 Å². The molecule has 0 saturated carbocycles. The normalized spacial score (nSPS) is 12.0. The van der Waals surface area contributed by atoms with Gasteiger partial charge in [0.2, 0.25) is 0 Å². The highest BCUT2D eigenvalue weighted by Crippen LogP contribution is 2.41. The fourth-order valence-corrected chi connectivity index (χ4v) is 3.22. The molecule has 1 heteroatoms. The molecule has 0 unspecified atom stereocenters. The van der Waals surface area contributed by atoms with Crippen LogP contribution < -0.4 is 0 Å². The monoisotopic (exact) mass is 272 g/mol. The molecular weight excluding hydrogens is 256 g/mol. The third-order valence-electron chi connectivity index (χ3n) is 4.30. The molecule has 0 aliphatic heterocycles. The van der Waals surface area contributed by atoms with Crippen molar-refractivity contribution in [3.8, 4) is 22.3 Å². The first-order chi connectivity index (χ1) is 10.4. The Morgan fingerprint density at radius 1 is 0.714 bits per heavy atom. The Kier molecular flexibility index (Phi) is 2.87. The third kappa shape index (κ3) is 1.98. The van der Waals surface area contributed by atoms with E-state index >= 15 is 0 Å². The van der Waals surface area contributed by atoms with Crippen LogP contribution in [0.2, 0.25) is 0 Å². The molecule has 0 fully saturated rings. The molecule has 1 N–H and O–H groups in total. The minimum Gasteiger partial charge on any atom is -0.392 e. The van der Waals surface area contributed by atoms with Gasteiger partial charge in [0.05, 0.1) is 6.61 Å². The van der Waals surface area contributed by atoms with Gasteiger partial charge in [-0.1, -0.05) is 66.7 Å². The van der Waals surface area contributed by atoms with Gasteiger partial charge in [-0.3, -0.25) is 0 Å². The summed E-state index contributed by atoms with van der Waals surface area (Å²) in [5.74, 6) is 0. The molecule has 0 aromatic heterocycles. The molecule has 0 spiro atoms. The molecule has 21 heavy (non-hydrogen) atoms. The van der Waals surface area contributed by atoms with Crippen molar-refractivity contribution in [1.29, 1.82) is 0 Å². The summed E-state index contributed by atoms with van der Waals surface area (Å²) in [5, 5.41) is 9.17. The summed E-state index contributed by atoms with van der Waals surface area (Å²) in [6, 6.07) is 23.4. The molecule has 0 atom stereocenters. The standard InChI is InChI=1S/C20H16O/c21-13-14-8-10-15(11-9-14)17-6-3-7-19-18-5-2-1-4-16(18)12-20(17)19/h1-11,21H,12-13H2. The van der Waals surface area contributed by atoms with E-state index in [1.165, 1.54) is 33.4 Å². The molecule has 0 radical (unpaired) electrons. The summed E-state index contributed by atoms with van der Waals surface area (Å²) < 4.78 is 0. The van der Waals surface area contributed by atoms with Crippen LogP contribution in [0.4, 0.5) is 0 Å². The van der Waals surface area contributed by atoms with E-state index in [2.05, 4.69) is 54.6 Å². The lowest BCUT2D eigenvalue weighted by atomic mass is 9.95. The molecule has 0 saturated heterocycles. The third-order valence-corrected chi connectivity index (χ3v) is 4.30. The second-order valence-electron chi connectivity index (χ2n) is 5.52. The number of rotatable bonds is 2. The lowest BCUT2D eigenvalue weighted by Gasteiger charge is -2.09. The summed E-state index contributed by atoms with van der Waals surface area (Å²) in [5.41, 5.74) is 9.01. The zero-order valence-corrected chi connectivity index (χ0v) is 11.7. The van der Waals surface area contributed by atoms with Gasteiger partial charge in [0.15, 0.2) is 0 Å². The van der Waals surface area contributed by atoms with Crippen molar-refractivity contribution in [3.63, 3.8) is 0 Å². The maximum Gasteiger partial charge on any atom is 0.0681 e. The van der Waals surface area contributed by atoms with Crippen LogP contribution in [0.1, 0.15) is 16.7 Å². The smallest absolute Gasteiger partial charge is 0.0681 e. The lowest BCUT2D eigenvalue weighted by Crippen LogP contribution is -1.89. The Morgan fingerprint density at radius 2 is 1.43 bits per heavy atom. The van der Waals surface area contributed by atoms with Crippen LogP contribution in [-0.4, -0.2) is 5.11 Å². The molecule has 3 aromatic carbocycles. The Bertz CT molecular complexity index is 800. The highest BCUT2D eigenvalue weighted by Gasteiger charge is 2.20. The van der Waals surface area contributed by atoms with Crippen molar-refractivity contribution in [2.75, 3.05) is 0 Å². The molecule has 0 amide bonds. The average molecular weight is 272 g/mol. The van der Waals surface area contributed by atoms with Crippen LogP contribution in [0.25, 0.3) is 22.3 Å². The molecule has 102 valence electrons. The fourth-order valence-electron chi connectivity index (χ4n) is 3.22. The van der Waals surface area contributed by atoms with Gasteiger partial charge < -0.3 is 5.11 Å². The predicted octanol–water partition coefficient (Wildman–Crippen LogP) is 4.42. The van der Waals surface area contributed by atoms with Gasteiger partial charge in [0.25, 0.3) is 0 Å². The van der Waals surface area contributed by atoms with E-state index in [1.807, 2.05) is 12.1 Å². The number of hydrogen-bond acceptors (Lipinski definition) is 1. The molecule has 4 rings (SSSR count). The maximum absolute atomic E-state index is 9.17. The maximum atomic E-state index is 9.17. The highest BCUT2D eigenvalue weighted by atomic mass is 16.3. The minimum absolute atomic E-state index is 0.0959. The predicted molar refractivity (Wildman–Crippen MR) is 86.0 cm³/mol. The second-order valence-corrected chi connectivity index (χ2v) is 5.52. The zero-order chi connectivity index (χ0) is 14.2. The summed E-state index contributed by atoms with van der Waals surface area (Å²) >= 11 is 0. The summed E-state index contributed by atoms with van der Waals surface area (Å²) in [6.45, 7) is 0.0959. The Hall–Kier alpha value is -2.38. The Labute approximate surface area is 124 Å². The fraction of sp³-hybridized carbons (Fsp3) is 0.100. The van der Waals surface area contributed by atoms with Crippen molar-refractivity contribution in [2.24, 2.45) is 0 Å². The van der Waals surface area contributed by atoms with E-state index in [1.54, 1.807) is 0 Å². The van der Waals surface area contributed by atoms with Crippen LogP contribution in [0, 0.1) is 0 Å². The molecule has 1 aliphatic carbocycles. The average Bonchev–Trinajstić information content (AvgIpc) is 2.94. The topological polar surface area (TPSA) is 20.2 Å². The Morgan fingerprint density at radius 3 is 2.24 bits per heavy atom. The van der Waals surface area contributed by atoms with Crippen molar-refractivity contribution in [3.05, 3.63) is 83.4 Å². The van der Waals surface area contributed by atoms with Gasteiger partial charge in [-0.15, -0.1) is 0 Å². The van der Waals surface area contributed by atoms with Crippen molar-refractivity contribution in [1.82, 2.24) is 0 Å². The van der Waals surface area contributed by atoms with E-state index in [-0.39, 0.29) is 6.61 Å². The van der Waals surface area contributed by atoms with Gasteiger partial charge in [-0.05, 0) is 45.4 Å². The number of fused-ring (bicyclic) bond motifs is 3. The number of aliphatic hydroxyl groups excluding tert-OH is 1. The highest BCUT2D eigenvalue weighted by molar-refractivity contribution is 5.84. The van der Waals surface area contributed by atoms with E-state index in [4.69, 9.17) is 0 Å². The Balaban J connectivity index is 1.85. The SMILES string of the molecule is OCc1ccc(-c2cccc3c2Cc2ccccc2-3)cc1. The minimum atomic E-state index is 0.0959. The molecule has 1 aliphatic rings. The van der Waals surface area contributed by atoms with Crippen molar-refractivity contribution >= 4 is 0 Å². The van der Waals surface area contributed by atoms with Crippen LogP contribution in [0.5, 0.6) is 0 Å². The van der Waals surface area contributed by atoms with E-state index in [9.17, 15) is 5.11 Å². The van der Waals surface area contributed by atoms with Crippen LogP contribution in [0.3, 0.4) is 0 Å².